The molecule has 1 saturated carbocycles. The molecule has 2 N–H and O–H groups in total. The van der Waals surface area contributed by atoms with E-state index in [1.165, 1.54) is 6.07 Å². The third-order valence-corrected chi connectivity index (χ3v) is 4.61. The smallest absolute Gasteiger partial charge is 0.146 e. The molecule has 0 spiro atoms. The summed E-state index contributed by atoms with van der Waals surface area (Å²) in [5.74, 6) is 0.495. The highest BCUT2D eigenvalue weighted by Gasteiger charge is 2.42. The molecule has 1 aromatic rings. The minimum Gasteiger partial charge on any atom is -0.393 e. The van der Waals surface area contributed by atoms with E-state index in [2.05, 4.69) is 0 Å². The fourth-order valence-corrected chi connectivity index (χ4v) is 3.47. The predicted octanol–water partition coefficient (Wildman–Crippen LogP) is 2.09. The third kappa shape index (κ3) is 2.23. The van der Waals surface area contributed by atoms with Crippen LogP contribution in [0.25, 0.3) is 0 Å². The van der Waals surface area contributed by atoms with Gasteiger partial charge in [-0.1, -0.05) is 6.07 Å². The lowest BCUT2D eigenvalue weighted by molar-refractivity contribution is 0.133. The second-order valence-electron chi connectivity index (χ2n) is 5.86. The number of aliphatic hydroxyl groups is 2. The van der Waals surface area contributed by atoms with E-state index in [0.29, 0.717) is 17.2 Å². The Bertz CT molecular complexity index is 477. The molecule has 3 rings (SSSR count). The normalized spacial score (nSPS) is 31.6. The number of halogens is 1. The molecule has 3 nitrogen and oxygen atoms in total. The number of benzene rings is 1. The molecule has 4 heteroatoms. The molecule has 1 heterocycles. The average molecular weight is 265 g/mol. The fraction of sp³-hybridized carbons (Fsp3) is 0.600. The lowest BCUT2D eigenvalue weighted by atomic mass is 10.00. The van der Waals surface area contributed by atoms with Crippen LogP contribution >= 0.6 is 0 Å². The fourth-order valence-electron chi connectivity index (χ4n) is 3.47. The zero-order valence-electron chi connectivity index (χ0n) is 11.1. The molecule has 19 heavy (non-hydrogen) atoms. The highest BCUT2D eigenvalue weighted by molar-refractivity contribution is 5.50. The van der Waals surface area contributed by atoms with Gasteiger partial charge in [0.05, 0.1) is 17.9 Å². The summed E-state index contributed by atoms with van der Waals surface area (Å²) < 4.78 is 14.1. The molecule has 2 aliphatic rings. The topological polar surface area (TPSA) is 43.7 Å². The van der Waals surface area contributed by atoms with Crippen LogP contribution in [0.3, 0.4) is 0 Å². The predicted molar refractivity (Wildman–Crippen MR) is 71.5 cm³/mol. The van der Waals surface area contributed by atoms with Gasteiger partial charge in [0, 0.05) is 19.0 Å². The van der Waals surface area contributed by atoms with Gasteiger partial charge in [0.1, 0.15) is 5.82 Å². The van der Waals surface area contributed by atoms with Crippen LogP contribution in [0, 0.1) is 17.7 Å². The van der Waals surface area contributed by atoms with Crippen molar-refractivity contribution < 1.29 is 14.6 Å². The van der Waals surface area contributed by atoms with E-state index < -0.39 is 6.10 Å². The molecule has 1 saturated heterocycles. The summed E-state index contributed by atoms with van der Waals surface area (Å²) in [4.78, 5) is 2.03. The van der Waals surface area contributed by atoms with Gasteiger partial charge in [-0.05, 0) is 43.4 Å². The van der Waals surface area contributed by atoms with Gasteiger partial charge in [0.15, 0.2) is 0 Å². The number of nitrogens with zero attached hydrogens (tertiary/aromatic N) is 1. The first-order valence-corrected chi connectivity index (χ1v) is 6.97. The maximum absolute atomic E-state index is 14.1. The van der Waals surface area contributed by atoms with Gasteiger partial charge in [-0.15, -0.1) is 0 Å². The number of rotatable bonds is 2. The molecule has 1 aliphatic heterocycles. The Morgan fingerprint density at radius 3 is 2.74 bits per heavy atom. The van der Waals surface area contributed by atoms with Crippen LogP contribution in [0.2, 0.25) is 0 Å². The summed E-state index contributed by atoms with van der Waals surface area (Å²) in [5.41, 5.74) is 1.19. The largest absolute Gasteiger partial charge is 0.393 e. The first-order chi connectivity index (χ1) is 9.06. The van der Waals surface area contributed by atoms with Gasteiger partial charge in [-0.25, -0.2) is 4.39 Å². The standard InChI is InChI=1S/C15H20FNO2/c1-9(18)10-2-4-14(13(16)6-10)17-7-11-3-5-15(19)12(11)8-17/h2,4,6,9,11-12,15,18-19H,3,5,7-8H2,1H3/t9-,11?,12?,15?/m1/s1. The Labute approximate surface area is 112 Å². The quantitative estimate of drug-likeness (QED) is 0.860. The van der Waals surface area contributed by atoms with E-state index in [1.807, 2.05) is 4.90 Å². The van der Waals surface area contributed by atoms with Gasteiger partial charge in [-0.3, -0.25) is 0 Å². The summed E-state index contributed by atoms with van der Waals surface area (Å²) in [6.45, 7) is 3.19. The Balaban J connectivity index is 1.80. The second kappa shape index (κ2) is 4.76. The minimum atomic E-state index is -0.650. The third-order valence-electron chi connectivity index (χ3n) is 4.61. The van der Waals surface area contributed by atoms with E-state index in [9.17, 15) is 14.6 Å². The molecule has 0 aromatic heterocycles. The molecular formula is C15H20FNO2. The first kappa shape index (κ1) is 12.9. The molecule has 0 radical (unpaired) electrons. The molecule has 1 aromatic carbocycles. The van der Waals surface area contributed by atoms with Crippen LogP contribution in [0.1, 0.15) is 31.4 Å². The summed E-state index contributed by atoms with van der Waals surface area (Å²) in [6.07, 6.45) is 1.04. The van der Waals surface area contributed by atoms with E-state index in [1.54, 1.807) is 19.1 Å². The van der Waals surface area contributed by atoms with E-state index in [-0.39, 0.29) is 17.8 Å². The second-order valence-corrected chi connectivity index (χ2v) is 5.86. The molecule has 104 valence electrons. The maximum atomic E-state index is 14.1. The average Bonchev–Trinajstić information content (AvgIpc) is 2.92. The number of anilines is 1. The van der Waals surface area contributed by atoms with Crippen molar-refractivity contribution in [3.63, 3.8) is 0 Å². The van der Waals surface area contributed by atoms with Crippen molar-refractivity contribution in [2.24, 2.45) is 11.8 Å². The van der Waals surface area contributed by atoms with Crippen molar-refractivity contribution in [2.45, 2.75) is 32.0 Å². The van der Waals surface area contributed by atoms with Crippen molar-refractivity contribution in [3.05, 3.63) is 29.6 Å². The minimum absolute atomic E-state index is 0.227. The molecule has 0 bridgehead atoms. The number of hydrogen-bond acceptors (Lipinski definition) is 3. The van der Waals surface area contributed by atoms with Crippen LogP contribution in [0.4, 0.5) is 10.1 Å². The number of fused-ring (bicyclic) bond motifs is 1. The summed E-state index contributed by atoms with van der Waals surface area (Å²) >= 11 is 0. The van der Waals surface area contributed by atoms with E-state index >= 15 is 0 Å². The number of aliphatic hydroxyl groups excluding tert-OH is 2. The molecule has 2 fully saturated rings. The zero-order chi connectivity index (χ0) is 13.6. The van der Waals surface area contributed by atoms with Gasteiger partial charge >= 0.3 is 0 Å². The van der Waals surface area contributed by atoms with Crippen molar-refractivity contribution in [1.82, 2.24) is 0 Å². The lowest BCUT2D eigenvalue weighted by Crippen LogP contribution is -2.25. The number of hydrogen-bond donors (Lipinski definition) is 2. The maximum Gasteiger partial charge on any atom is 0.146 e. The van der Waals surface area contributed by atoms with Crippen LogP contribution in [0.15, 0.2) is 18.2 Å². The summed E-state index contributed by atoms with van der Waals surface area (Å²) in [7, 11) is 0. The highest BCUT2D eigenvalue weighted by atomic mass is 19.1. The Morgan fingerprint density at radius 2 is 2.11 bits per heavy atom. The lowest BCUT2D eigenvalue weighted by Gasteiger charge is -2.21. The molecule has 3 unspecified atom stereocenters. The highest BCUT2D eigenvalue weighted by Crippen LogP contribution is 2.40. The van der Waals surface area contributed by atoms with Crippen molar-refractivity contribution >= 4 is 5.69 Å². The molecule has 4 atom stereocenters. The van der Waals surface area contributed by atoms with E-state index in [4.69, 9.17) is 0 Å². The van der Waals surface area contributed by atoms with E-state index in [0.717, 1.165) is 25.9 Å². The van der Waals surface area contributed by atoms with Crippen molar-refractivity contribution in [3.8, 4) is 0 Å². The van der Waals surface area contributed by atoms with Crippen LogP contribution in [0.5, 0.6) is 0 Å². The van der Waals surface area contributed by atoms with Crippen LogP contribution in [-0.4, -0.2) is 29.4 Å². The molecule has 0 amide bonds. The van der Waals surface area contributed by atoms with Gasteiger partial charge in [0.2, 0.25) is 0 Å². The summed E-state index contributed by atoms with van der Waals surface area (Å²) in [6, 6.07) is 4.92. The molecule has 1 aliphatic carbocycles. The Morgan fingerprint density at radius 1 is 1.32 bits per heavy atom. The first-order valence-electron chi connectivity index (χ1n) is 6.97. The van der Waals surface area contributed by atoms with Gasteiger partial charge in [0.25, 0.3) is 0 Å². The monoisotopic (exact) mass is 265 g/mol. The summed E-state index contributed by atoms with van der Waals surface area (Å²) in [5, 5.41) is 19.4. The van der Waals surface area contributed by atoms with Gasteiger partial charge in [-0.2, -0.15) is 0 Å². The SMILES string of the molecule is C[C@@H](O)c1ccc(N2CC3CCC(O)C3C2)c(F)c1. The van der Waals surface area contributed by atoms with Crippen LogP contribution < -0.4 is 4.90 Å². The van der Waals surface area contributed by atoms with Crippen molar-refractivity contribution in [2.75, 3.05) is 18.0 Å². The molecular weight excluding hydrogens is 245 g/mol. The van der Waals surface area contributed by atoms with Crippen LogP contribution in [-0.2, 0) is 0 Å². The Kier molecular flexibility index (Phi) is 3.23. The zero-order valence-corrected chi connectivity index (χ0v) is 11.1. The van der Waals surface area contributed by atoms with Gasteiger partial charge < -0.3 is 15.1 Å². The Hall–Kier alpha value is -1.13. The van der Waals surface area contributed by atoms with Crippen molar-refractivity contribution in [1.29, 1.82) is 0 Å².